The van der Waals surface area contributed by atoms with Gasteiger partial charge in [0.2, 0.25) is 10.0 Å². The van der Waals surface area contributed by atoms with Crippen LogP contribution < -0.4 is 4.72 Å². The minimum atomic E-state index is -4.03. The second kappa shape index (κ2) is 17.0. The van der Waals surface area contributed by atoms with Gasteiger partial charge in [-0.1, -0.05) is 17.7 Å². The van der Waals surface area contributed by atoms with Crippen molar-refractivity contribution >= 4 is 27.9 Å². The van der Waals surface area contributed by atoms with Crippen LogP contribution in [0, 0.1) is 6.92 Å². The van der Waals surface area contributed by atoms with E-state index in [2.05, 4.69) is 18.9 Å². The Balaban J connectivity index is 3.09. The van der Waals surface area contributed by atoms with Gasteiger partial charge in [0.15, 0.2) is 0 Å². The second-order valence-electron chi connectivity index (χ2n) is 8.14. The summed E-state index contributed by atoms with van der Waals surface area (Å²) in [4.78, 5) is 34.3. The maximum absolute atomic E-state index is 13.3. The molecule has 0 saturated carbocycles. The summed E-state index contributed by atoms with van der Waals surface area (Å²) in [7, 11) is -0.259. The molecule has 0 radical (unpaired) electrons. The van der Waals surface area contributed by atoms with Gasteiger partial charge in [-0.2, -0.15) is 0 Å². The lowest BCUT2D eigenvalue weighted by Gasteiger charge is -2.34. The number of nitrogens with one attached hydrogen (secondary N) is 1. The van der Waals surface area contributed by atoms with E-state index in [1.165, 1.54) is 33.5 Å². The molecule has 1 aromatic rings. The lowest BCUT2D eigenvalue weighted by Crippen LogP contribution is -2.56. The molecule has 12 nitrogen and oxygen atoms in total. The SMILES string of the molecule is COC(=O)CCOCCC(COCCC(=O)OC)(COCCC(=O)OC)NS(=O)(=O)c1ccc(C)cc1. The molecule has 0 aromatic heterocycles. The third-order valence-electron chi connectivity index (χ3n) is 5.20. The zero-order chi connectivity index (χ0) is 27.7. The van der Waals surface area contributed by atoms with Gasteiger partial charge in [0.25, 0.3) is 0 Å². The fourth-order valence-corrected chi connectivity index (χ4v) is 4.44. The van der Waals surface area contributed by atoms with E-state index in [1.807, 2.05) is 6.92 Å². The molecule has 0 spiro atoms. The van der Waals surface area contributed by atoms with Crippen molar-refractivity contribution in [3.8, 4) is 0 Å². The standard InChI is InChI=1S/C24H37NO11S/c1-19-5-7-20(8-6-19)37(29,30)25-24(17-35-14-10-22(27)32-3,18-36-15-11-23(28)33-4)12-16-34-13-9-21(26)31-2/h5-8,25H,9-18H2,1-4H3. The predicted octanol–water partition coefficient (Wildman–Crippen LogP) is 1.14. The van der Waals surface area contributed by atoms with Crippen LogP contribution in [0.3, 0.4) is 0 Å². The molecule has 37 heavy (non-hydrogen) atoms. The van der Waals surface area contributed by atoms with Gasteiger partial charge in [0.1, 0.15) is 0 Å². The predicted molar refractivity (Wildman–Crippen MR) is 131 cm³/mol. The number of methoxy groups -OCH3 is 3. The third-order valence-corrected chi connectivity index (χ3v) is 6.79. The molecule has 0 aliphatic heterocycles. The molecule has 210 valence electrons. The number of rotatable bonds is 19. The Morgan fingerprint density at radius 1 is 0.730 bits per heavy atom. The van der Waals surface area contributed by atoms with Crippen molar-refractivity contribution in [2.45, 2.75) is 43.0 Å². The van der Waals surface area contributed by atoms with Crippen LogP contribution in [0.1, 0.15) is 31.2 Å². The van der Waals surface area contributed by atoms with Crippen molar-refractivity contribution in [3.05, 3.63) is 29.8 Å². The normalized spacial score (nSPS) is 11.7. The summed E-state index contributed by atoms with van der Waals surface area (Å²) < 4.78 is 59.9. The van der Waals surface area contributed by atoms with Gasteiger partial charge in [0.05, 0.1) is 84.1 Å². The number of sulfonamides is 1. The molecular weight excluding hydrogens is 510 g/mol. The molecule has 1 rings (SSSR count). The fraction of sp³-hybridized carbons (Fsp3) is 0.625. The van der Waals surface area contributed by atoms with E-state index < -0.39 is 33.5 Å². The number of hydrogen-bond acceptors (Lipinski definition) is 11. The second-order valence-corrected chi connectivity index (χ2v) is 9.83. The first-order valence-corrected chi connectivity index (χ1v) is 13.1. The van der Waals surface area contributed by atoms with Crippen LogP contribution in [0.4, 0.5) is 0 Å². The molecule has 0 saturated heterocycles. The van der Waals surface area contributed by atoms with Crippen LogP contribution >= 0.6 is 0 Å². The first-order valence-electron chi connectivity index (χ1n) is 11.6. The van der Waals surface area contributed by atoms with Gasteiger partial charge in [-0.25, -0.2) is 13.1 Å². The zero-order valence-electron chi connectivity index (χ0n) is 21.8. The number of benzene rings is 1. The molecule has 1 N–H and O–H groups in total. The number of esters is 3. The molecule has 0 fully saturated rings. The average molecular weight is 548 g/mol. The van der Waals surface area contributed by atoms with Gasteiger partial charge < -0.3 is 28.4 Å². The Morgan fingerprint density at radius 2 is 1.16 bits per heavy atom. The quantitative estimate of drug-likeness (QED) is 0.151. The van der Waals surface area contributed by atoms with Crippen molar-refractivity contribution in [1.29, 1.82) is 0 Å². The van der Waals surface area contributed by atoms with Crippen molar-refractivity contribution in [3.63, 3.8) is 0 Å². The highest BCUT2D eigenvalue weighted by molar-refractivity contribution is 7.89. The molecule has 0 unspecified atom stereocenters. The Bertz CT molecular complexity index is 924. The molecule has 13 heteroatoms. The van der Waals surface area contributed by atoms with E-state index in [0.717, 1.165) is 5.56 Å². The summed E-state index contributed by atoms with van der Waals surface area (Å²) >= 11 is 0. The van der Waals surface area contributed by atoms with E-state index in [1.54, 1.807) is 12.1 Å². The van der Waals surface area contributed by atoms with Gasteiger partial charge in [-0.05, 0) is 25.5 Å². The molecule has 0 aliphatic rings. The Hall–Kier alpha value is -2.58. The van der Waals surface area contributed by atoms with Crippen LogP contribution in [0.2, 0.25) is 0 Å². The number of carbonyl (C=O) groups excluding carboxylic acids is 3. The molecule has 1 aromatic carbocycles. The smallest absolute Gasteiger partial charge is 0.307 e. The molecule has 0 amide bonds. The minimum Gasteiger partial charge on any atom is -0.469 e. The highest BCUT2D eigenvalue weighted by Gasteiger charge is 2.36. The Labute approximate surface area is 217 Å². The van der Waals surface area contributed by atoms with E-state index in [-0.39, 0.29) is 70.2 Å². The van der Waals surface area contributed by atoms with Crippen molar-refractivity contribution < 1.29 is 51.2 Å². The third kappa shape index (κ3) is 13.0. The lowest BCUT2D eigenvalue weighted by atomic mass is 9.99. The summed E-state index contributed by atoms with van der Waals surface area (Å²) in [6.45, 7) is 1.57. The van der Waals surface area contributed by atoms with Gasteiger partial charge >= 0.3 is 17.9 Å². The zero-order valence-corrected chi connectivity index (χ0v) is 22.6. The maximum Gasteiger partial charge on any atom is 0.307 e. The minimum absolute atomic E-state index is 0.0218. The van der Waals surface area contributed by atoms with Gasteiger partial charge in [0, 0.05) is 6.61 Å². The van der Waals surface area contributed by atoms with Crippen LogP contribution in [-0.4, -0.2) is 92.8 Å². The molecular formula is C24H37NO11S. The first kappa shape index (κ1) is 32.4. The topological polar surface area (TPSA) is 153 Å². The monoisotopic (exact) mass is 547 g/mol. The van der Waals surface area contributed by atoms with E-state index in [4.69, 9.17) is 14.2 Å². The van der Waals surface area contributed by atoms with Crippen LogP contribution in [0.15, 0.2) is 29.2 Å². The van der Waals surface area contributed by atoms with Crippen LogP contribution in [0.5, 0.6) is 0 Å². The van der Waals surface area contributed by atoms with E-state index in [0.29, 0.717) is 0 Å². The van der Waals surface area contributed by atoms with Gasteiger partial charge in [-0.3, -0.25) is 14.4 Å². The Kier molecular flexibility index (Phi) is 14.9. The summed E-state index contributed by atoms with van der Waals surface area (Å²) in [5, 5.41) is 0. The van der Waals surface area contributed by atoms with Crippen molar-refractivity contribution in [2.24, 2.45) is 0 Å². The summed E-state index contributed by atoms with van der Waals surface area (Å²) in [6, 6.07) is 6.30. The Morgan fingerprint density at radius 3 is 1.59 bits per heavy atom. The largest absolute Gasteiger partial charge is 0.469 e. The molecule has 0 bridgehead atoms. The summed E-state index contributed by atoms with van der Waals surface area (Å²) in [5.74, 6) is -1.40. The summed E-state index contributed by atoms with van der Waals surface area (Å²) in [5.41, 5.74) is -0.442. The number of carbonyl (C=O) groups is 3. The highest BCUT2D eigenvalue weighted by Crippen LogP contribution is 2.20. The molecule has 0 atom stereocenters. The van der Waals surface area contributed by atoms with Crippen LogP contribution in [-0.2, 0) is 52.8 Å². The average Bonchev–Trinajstić information content (AvgIpc) is 2.88. The number of ether oxygens (including phenoxy) is 6. The van der Waals surface area contributed by atoms with Crippen molar-refractivity contribution in [1.82, 2.24) is 4.72 Å². The number of aryl methyl sites for hydroxylation is 1. The van der Waals surface area contributed by atoms with Gasteiger partial charge in [-0.15, -0.1) is 0 Å². The fourth-order valence-electron chi connectivity index (χ4n) is 3.03. The molecule has 0 aliphatic carbocycles. The first-order chi connectivity index (χ1) is 17.6. The summed E-state index contributed by atoms with van der Waals surface area (Å²) in [6.07, 6.45) is 0.0613. The maximum atomic E-state index is 13.3. The lowest BCUT2D eigenvalue weighted by molar-refractivity contribution is -0.143. The molecule has 0 heterocycles. The van der Waals surface area contributed by atoms with Crippen LogP contribution in [0.25, 0.3) is 0 Å². The van der Waals surface area contributed by atoms with E-state index in [9.17, 15) is 22.8 Å². The van der Waals surface area contributed by atoms with Crippen molar-refractivity contribution in [2.75, 3.05) is 61.0 Å². The van der Waals surface area contributed by atoms with E-state index >= 15 is 0 Å². The highest BCUT2D eigenvalue weighted by atomic mass is 32.2. The number of hydrogen-bond donors (Lipinski definition) is 1.